The van der Waals surface area contributed by atoms with Crippen LogP contribution in [0.3, 0.4) is 0 Å². The highest BCUT2D eigenvalue weighted by Gasteiger charge is 2.39. The smallest absolute Gasteiger partial charge is 0.136 e. The zero-order valence-corrected chi connectivity index (χ0v) is 13.5. The Balaban J connectivity index is 1.49. The number of halogens is 1. The van der Waals surface area contributed by atoms with Gasteiger partial charge < -0.3 is 14.4 Å². The van der Waals surface area contributed by atoms with Crippen LogP contribution >= 0.6 is 0 Å². The minimum Gasteiger partial charge on any atom is -0.464 e. The van der Waals surface area contributed by atoms with Gasteiger partial charge in [-0.15, -0.1) is 0 Å². The van der Waals surface area contributed by atoms with Crippen LogP contribution in [0.4, 0.5) is 4.39 Å². The zero-order chi connectivity index (χ0) is 17.0. The van der Waals surface area contributed by atoms with Crippen molar-refractivity contribution >= 4 is 17.3 Å². The van der Waals surface area contributed by atoms with Gasteiger partial charge in [-0.3, -0.25) is 4.99 Å². The summed E-state index contributed by atoms with van der Waals surface area (Å²) < 4.78 is 19.6. The molecule has 0 saturated heterocycles. The molecule has 3 atom stereocenters. The van der Waals surface area contributed by atoms with Crippen LogP contribution in [-0.2, 0) is 0 Å². The van der Waals surface area contributed by atoms with Gasteiger partial charge in [-0.05, 0) is 23.3 Å². The molecule has 0 amide bonds. The SMILES string of the molecule is O[C@H](C[C@@H]1c2ccccc2C2CN=CN21)c1cc2ccoc2cc1F. The van der Waals surface area contributed by atoms with Crippen molar-refractivity contribution in [3.63, 3.8) is 0 Å². The maximum atomic E-state index is 14.4. The highest BCUT2D eigenvalue weighted by atomic mass is 19.1. The van der Waals surface area contributed by atoms with E-state index in [9.17, 15) is 9.50 Å². The first-order chi connectivity index (χ1) is 12.2. The normalized spacial score (nSPS) is 22.4. The number of hydrogen-bond donors (Lipinski definition) is 1. The average molecular weight is 336 g/mol. The summed E-state index contributed by atoms with van der Waals surface area (Å²) in [6.45, 7) is 0.735. The fourth-order valence-electron chi connectivity index (χ4n) is 4.10. The minimum atomic E-state index is -0.898. The van der Waals surface area contributed by atoms with Crippen molar-refractivity contribution in [3.8, 4) is 0 Å². The fourth-order valence-corrected chi connectivity index (χ4v) is 4.10. The fraction of sp³-hybridized carbons (Fsp3) is 0.250. The summed E-state index contributed by atoms with van der Waals surface area (Å²) in [6, 6.07) is 13.3. The average Bonchev–Trinajstić information content (AvgIpc) is 3.31. The number of hydrogen-bond acceptors (Lipinski definition) is 4. The van der Waals surface area contributed by atoms with E-state index in [1.165, 1.54) is 23.5 Å². The molecule has 0 radical (unpaired) electrons. The summed E-state index contributed by atoms with van der Waals surface area (Å²) in [5.41, 5.74) is 3.25. The summed E-state index contributed by atoms with van der Waals surface area (Å²) in [5.74, 6) is -0.437. The van der Waals surface area contributed by atoms with E-state index in [0.29, 0.717) is 17.6 Å². The third-order valence-corrected chi connectivity index (χ3v) is 5.30. The maximum absolute atomic E-state index is 14.4. The van der Waals surface area contributed by atoms with Crippen molar-refractivity contribution in [2.45, 2.75) is 24.6 Å². The third kappa shape index (κ3) is 2.19. The first-order valence-electron chi connectivity index (χ1n) is 8.43. The van der Waals surface area contributed by atoms with E-state index in [-0.39, 0.29) is 12.1 Å². The largest absolute Gasteiger partial charge is 0.464 e. The monoisotopic (exact) mass is 336 g/mol. The Morgan fingerprint density at radius 1 is 1.24 bits per heavy atom. The summed E-state index contributed by atoms with van der Waals surface area (Å²) in [7, 11) is 0. The lowest BCUT2D eigenvalue weighted by Crippen LogP contribution is -2.23. The molecule has 1 unspecified atom stereocenters. The lowest BCUT2D eigenvalue weighted by molar-refractivity contribution is 0.127. The number of aliphatic imine (C=N–C) groups is 1. The van der Waals surface area contributed by atoms with Gasteiger partial charge in [-0.1, -0.05) is 24.3 Å². The summed E-state index contributed by atoms with van der Waals surface area (Å²) >= 11 is 0. The van der Waals surface area contributed by atoms with Gasteiger partial charge in [-0.25, -0.2) is 4.39 Å². The summed E-state index contributed by atoms with van der Waals surface area (Å²) in [6.07, 6.45) is 2.90. The van der Waals surface area contributed by atoms with Crippen LogP contribution in [0.25, 0.3) is 11.0 Å². The first kappa shape index (κ1) is 14.7. The Morgan fingerprint density at radius 2 is 2.08 bits per heavy atom. The molecule has 2 aromatic carbocycles. The summed E-state index contributed by atoms with van der Waals surface area (Å²) in [4.78, 5) is 6.56. The molecule has 0 saturated carbocycles. The second-order valence-electron chi connectivity index (χ2n) is 6.67. The molecule has 3 heterocycles. The molecule has 2 aliphatic rings. The molecule has 1 N–H and O–H groups in total. The number of furan rings is 1. The number of rotatable bonds is 3. The predicted molar refractivity (Wildman–Crippen MR) is 92.9 cm³/mol. The topological polar surface area (TPSA) is 49.0 Å². The number of fused-ring (bicyclic) bond motifs is 4. The number of benzene rings is 2. The standard InChI is InChI=1S/C20H17FN2O2/c21-16-8-20-12(5-6-25-20)7-15(16)19(24)9-17-13-3-1-2-4-14(13)18-10-22-11-23(17)18/h1-8,11,17-19,24H,9-10H2/t17-,18?,19-/m1/s1. The molecule has 3 aromatic rings. The lowest BCUT2D eigenvalue weighted by Gasteiger charge is -2.26. The summed E-state index contributed by atoms with van der Waals surface area (Å²) in [5, 5.41) is 11.6. The molecular formula is C20H17FN2O2. The van der Waals surface area contributed by atoms with Crippen LogP contribution in [0.1, 0.15) is 41.3 Å². The van der Waals surface area contributed by atoms with Crippen LogP contribution in [0.15, 0.2) is 58.1 Å². The molecule has 4 nitrogen and oxygen atoms in total. The van der Waals surface area contributed by atoms with E-state index < -0.39 is 11.9 Å². The molecule has 0 spiro atoms. The third-order valence-electron chi connectivity index (χ3n) is 5.30. The van der Waals surface area contributed by atoms with Gasteiger partial charge in [0.25, 0.3) is 0 Å². The van der Waals surface area contributed by atoms with E-state index in [4.69, 9.17) is 4.42 Å². The van der Waals surface area contributed by atoms with Gasteiger partial charge in [0.05, 0.1) is 37.3 Å². The van der Waals surface area contributed by atoms with Crippen molar-refractivity contribution < 1.29 is 13.9 Å². The second-order valence-corrected chi connectivity index (χ2v) is 6.67. The number of aliphatic hydroxyl groups excluding tert-OH is 1. The molecule has 0 fully saturated rings. The Labute approximate surface area is 144 Å². The highest BCUT2D eigenvalue weighted by molar-refractivity contribution is 5.78. The molecule has 126 valence electrons. The van der Waals surface area contributed by atoms with E-state index in [1.807, 2.05) is 18.5 Å². The van der Waals surface area contributed by atoms with Crippen molar-refractivity contribution in [2.75, 3.05) is 6.54 Å². The number of nitrogens with zero attached hydrogens (tertiary/aromatic N) is 2. The molecule has 0 bridgehead atoms. The quantitative estimate of drug-likeness (QED) is 0.782. The van der Waals surface area contributed by atoms with E-state index >= 15 is 0 Å². The first-order valence-corrected chi connectivity index (χ1v) is 8.43. The molecule has 25 heavy (non-hydrogen) atoms. The van der Waals surface area contributed by atoms with Gasteiger partial charge >= 0.3 is 0 Å². The van der Waals surface area contributed by atoms with Crippen LogP contribution in [-0.4, -0.2) is 22.9 Å². The predicted octanol–water partition coefficient (Wildman–Crippen LogP) is 4.14. The van der Waals surface area contributed by atoms with E-state index in [1.54, 1.807) is 12.1 Å². The van der Waals surface area contributed by atoms with E-state index in [0.717, 1.165) is 11.9 Å². The molecule has 2 aliphatic heterocycles. The van der Waals surface area contributed by atoms with Gasteiger partial charge in [0.2, 0.25) is 0 Å². The van der Waals surface area contributed by atoms with Gasteiger partial charge in [0, 0.05) is 23.4 Å². The molecule has 5 heteroatoms. The maximum Gasteiger partial charge on any atom is 0.136 e. The van der Waals surface area contributed by atoms with Gasteiger partial charge in [-0.2, -0.15) is 0 Å². The second kappa shape index (κ2) is 5.43. The van der Waals surface area contributed by atoms with Crippen molar-refractivity contribution in [2.24, 2.45) is 4.99 Å². The Kier molecular flexibility index (Phi) is 3.18. The molecular weight excluding hydrogens is 319 g/mol. The van der Waals surface area contributed by atoms with Gasteiger partial charge in [0.1, 0.15) is 11.4 Å². The molecule has 0 aliphatic carbocycles. The minimum absolute atomic E-state index is 0.00176. The van der Waals surface area contributed by atoms with Gasteiger partial charge in [0.15, 0.2) is 0 Å². The van der Waals surface area contributed by atoms with Crippen LogP contribution in [0, 0.1) is 5.82 Å². The Hall–Kier alpha value is -2.66. The van der Waals surface area contributed by atoms with Crippen molar-refractivity contribution in [3.05, 3.63) is 71.2 Å². The van der Waals surface area contributed by atoms with Crippen molar-refractivity contribution in [1.82, 2.24) is 4.90 Å². The molecule has 1 aromatic heterocycles. The van der Waals surface area contributed by atoms with E-state index in [2.05, 4.69) is 22.0 Å². The highest BCUT2D eigenvalue weighted by Crippen LogP contribution is 2.46. The Morgan fingerprint density at radius 3 is 2.96 bits per heavy atom. The lowest BCUT2D eigenvalue weighted by atomic mass is 9.95. The van der Waals surface area contributed by atoms with Crippen LogP contribution in [0.5, 0.6) is 0 Å². The number of aliphatic hydroxyl groups is 1. The zero-order valence-electron chi connectivity index (χ0n) is 13.5. The van der Waals surface area contributed by atoms with Crippen LogP contribution in [0.2, 0.25) is 0 Å². The van der Waals surface area contributed by atoms with Crippen molar-refractivity contribution in [1.29, 1.82) is 0 Å². The Bertz CT molecular complexity index is 981. The van der Waals surface area contributed by atoms with Crippen LogP contribution < -0.4 is 0 Å². The molecule has 5 rings (SSSR count).